The molecule has 0 amide bonds. The van der Waals surface area contributed by atoms with Crippen molar-refractivity contribution in [1.29, 1.82) is 0 Å². The van der Waals surface area contributed by atoms with Crippen molar-refractivity contribution in [2.75, 3.05) is 11.9 Å². The van der Waals surface area contributed by atoms with E-state index in [-0.39, 0.29) is 3.92 Å². The molecule has 1 aromatic rings. The topological polar surface area (TPSA) is 41.3 Å². The van der Waals surface area contributed by atoms with Gasteiger partial charge in [0.25, 0.3) is 0 Å². The number of halogens is 1. The average molecular weight is 307 g/mol. The molecule has 2 rings (SSSR count). The summed E-state index contributed by atoms with van der Waals surface area (Å²) >= 11 is 2.30. The van der Waals surface area contributed by atoms with Crippen molar-refractivity contribution in [3.63, 3.8) is 0 Å². The van der Waals surface area contributed by atoms with Crippen molar-refractivity contribution >= 4 is 28.4 Å². The van der Waals surface area contributed by atoms with Gasteiger partial charge in [-0.15, -0.1) is 0 Å². The van der Waals surface area contributed by atoms with Gasteiger partial charge in [-0.05, 0) is 13.3 Å². The fourth-order valence-electron chi connectivity index (χ4n) is 1.86. The van der Waals surface area contributed by atoms with Crippen LogP contribution in [0.1, 0.15) is 12.0 Å². The first kappa shape index (κ1) is 10.2. The van der Waals surface area contributed by atoms with Crippen molar-refractivity contribution in [3.05, 3.63) is 11.8 Å². The summed E-state index contributed by atoms with van der Waals surface area (Å²) in [6, 6.07) is 0. The number of aliphatic hydroxyl groups excluding tert-OH is 1. The summed E-state index contributed by atoms with van der Waals surface area (Å²) in [5.74, 6) is 1.04. The van der Waals surface area contributed by atoms with Gasteiger partial charge >= 0.3 is 0 Å². The maximum Gasteiger partial charge on any atom is 0.139 e. The highest BCUT2D eigenvalue weighted by Gasteiger charge is 2.27. The Labute approximate surface area is 97.0 Å². The first-order valence-electron chi connectivity index (χ1n) is 4.68. The Morgan fingerprint density at radius 1 is 1.64 bits per heavy atom. The lowest BCUT2D eigenvalue weighted by molar-refractivity contribution is 0.175. The highest BCUT2D eigenvalue weighted by Crippen LogP contribution is 2.28. The quantitative estimate of drug-likeness (QED) is 0.577. The van der Waals surface area contributed by atoms with Gasteiger partial charge in [-0.3, -0.25) is 0 Å². The zero-order valence-corrected chi connectivity index (χ0v) is 10.5. The SMILES string of the molecule is Cc1cnn2c1N(C)C(O)C(I)CC2. The van der Waals surface area contributed by atoms with Crippen molar-refractivity contribution in [1.82, 2.24) is 9.78 Å². The van der Waals surface area contributed by atoms with E-state index in [9.17, 15) is 5.11 Å². The molecule has 14 heavy (non-hydrogen) atoms. The second kappa shape index (κ2) is 3.69. The molecular formula is C9H14IN3O. The number of fused-ring (bicyclic) bond motifs is 1. The van der Waals surface area contributed by atoms with Crippen molar-refractivity contribution in [2.24, 2.45) is 0 Å². The zero-order valence-electron chi connectivity index (χ0n) is 8.31. The predicted molar refractivity (Wildman–Crippen MR) is 63.8 cm³/mol. The van der Waals surface area contributed by atoms with E-state index in [4.69, 9.17) is 0 Å². The Morgan fingerprint density at radius 3 is 3.07 bits per heavy atom. The average Bonchev–Trinajstić information content (AvgIpc) is 2.49. The van der Waals surface area contributed by atoms with Gasteiger partial charge in [0.1, 0.15) is 12.0 Å². The molecule has 78 valence electrons. The standard InChI is InChI=1S/C9H14IN3O/c1-6-5-11-13-4-3-7(10)9(14)12(2)8(6)13/h5,7,9,14H,3-4H2,1-2H3. The number of alkyl halides is 1. The fourth-order valence-corrected chi connectivity index (χ4v) is 2.62. The number of hydrogen-bond donors (Lipinski definition) is 1. The molecule has 0 saturated heterocycles. The van der Waals surface area contributed by atoms with Crippen LogP contribution in [0, 0.1) is 6.92 Å². The molecule has 0 bridgehead atoms. The van der Waals surface area contributed by atoms with Crippen LogP contribution in [0.3, 0.4) is 0 Å². The summed E-state index contributed by atoms with van der Waals surface area (Å²) in [6.45, 7) is 2.91. The largest absolute Gasteiger partial charge is 0.372 e. The van der Waals surface area contributed by atoms with E-state index in [1.165, 1.54) is 0 Å². The second-order valence-corrected chi connectivity index (χ2v) is 5.30. The second-order valence-electron chi connectivity index (χ2n) is 3.70. The number of rotatable bonds is 0. The summed E-state index contributed by atoms with van der Waals surface area (Å²) in [4.78, 5) is 1.91. The van der Waals surface area contributed by atoms with Crippen LogP contribution in [0.5, 0.6) is 0 Å². The highest BCUT2D eigenvalue weighted by molar-refractivity contribution is 14.1. The summed E-state index contributed by atoms with van der Waals surface area (Å²) in [5.41, 5.74) is 1.12. The van der Waals surface area contributed by atoms with E-state index < -0.39 is 6.23 Å². The maximum absolute atomic E-state index is 9.99. The maximum atomic E-state index is 9.99. The molecule has 0 saturated carbocycles. The van der Waals surface area contributed by atoms with Crippen molar-refractivity contribution in [2.45, 2.75) is 30.0 Å². The Kier molecular flexibility index (Phi) is 2.70. The molecule has 1 aliphatic rings. The van der Waals surface area contributed by atoms with E-state index in [0.717, 1.165) is 24.3 Å². The summed E-state index contributed by atoms with van der Waals surface area (Å²) in [7, 11) is 1.92. The lowest BCUT2D eigenvalue weighted by Crippen LogP contribution is -2.37. The van der Waals surface area contributed by atoms with Crippen LogP contribution in [0.15, 0.2) is 6.20 Å². The number of nitrogens with zero attached hydrogens (tertiary/aromatic N) is 3. The Bertz CT molecular complexity index is 339. The third-order valence-electron chi connectivity index (χ3n) is 2.66. The molecule has 5 heteroatoms. The van der Waals surface area contributed by atoms with E-state index >= 15 is 0 Å². The summed E-state index contributed by atoms with van der Waals surface area (Å²) in [5, 5.41) is 14.3. The highest BCUT2D eigenvalue weighted by atomic mass is 127. The molecule has 1 aromatic heterocycles. The molecule has 0 aliphatic carbocycles. The van der Waals surface area contributed by atoms with Crippen LogP contribution >= 0.6 is 22.6 Å². The van der Waals surface area contributed by atoms with Crippen molar-refractivity contribution in [3.8, 4) is 0 Å². The normalized spacial score (nSPS) is 27.3. The molecule has 0 spiro atoms. The molecular weight excluding hydrogens is 293 g/mol. The molecule has 0 radical (unpaired) electrons. The van der Waals surface area contributed by atoms with Gasteiger partial charge in [-0.2, -0.15) is 5.10 Å². The van der Waals surface area contributed by atoms with Crippen LogP contribution in [-0.4, -0.2) is 32.1 Å². The van der Waals surface area contributed by atoms with E-state index in [1.54, 1.807) is 0 Å². The number of aryl methyl sites for hydroxylation is 2. The van der Waals surface area contributed by atoms with Gasteiger partial charge in [0.2, 0.25) is 0 Å². The number of hydrogen-bond acceptors (Lipinski definition) is 3. The van der Waals surface area contributed by atoms with Crippen LogP contribution in [0.2, 0.25) is 0 Å². The van der Waals surface area contributed by atoms with Gasteiger partial charge in [0.05, 0.1) is 10.1 Å². The minimum Gasteiger partial charge on any atom is -0.372 e. The first-order valence-corrected chi connectivity index (χ1v) is 5.93. The lowest BCUT2D eigenvalue weighted by Gasteiger charge is -2.26. The molecule has 0 aromatic carbocycles. The van der Waals surface area contributed by atoms with E-state index in [2.05, 4.69) is 27.7 Å². The van der Waals surface area contributed by atoms with Crippen LogP contribution < -0.4 is 4.90 Å². The molecule has 0 fully saturated rings. The van der Waals surface area contributed by atoms with E-state index in [1.807, 2.05) is 29.7 Å². The smallest absolute Gasteiger partial charge is 0.139 e. The zero-order chi connectivity index (χ0) is 10.3. The summed E-state index contributed by atoms with van der Waals surface area (Å²) < 4.78 is 2.23. The molecule has 2 unspecified atom stereocenters. The third kappa shape index (κ3) is 1.52. The van der Waals surface area contributed by atoms with Gasteiger partial charge in [0, 0.05) is 19.2 Å². The molecule has 1 aliphatic heterocycles. The first-order chi connectivity index (χ1) is 6.61. The predicted octanol–water partition coefficient (Wildman–Crippen LogP) is 1.15. The number of aromatic nitrogens is 2. The molecule has 1 N–H and O–H groups in total. The Hall–Kier alpha value is -0.300. The minimum absolute atomic E-state index is 0.263. The van der Waals surface area contributed by atoms with Gasteiger partial charge in [-0.1, -0.05) is 22.6 Å². The Balaban J connectivity index is 2.42. The van der Waals surface area contributed by atoms with Crippen LogP contribution in [0.25, 0.3) is 0 Å². The fraction of sp³-hybridized carbons (Fsp3) is 0.667. The third-order valence-corrected chi connectivity index (χ3v) is 3.93. The number of anilines is 1. The monoisotopic (exact) mass is 307 g/mol. The molecule has 2 heterocycles. The molecule has 4 nitrogen and oxygen atoms in total. The minimum atomic E-state index is -0.410. The van der Waals surface area contributed by atoms with Gasteiger partial charge < -0.3 is 10.0 Å². The lowest BCUT2D eigenvalue weighted by atomic mass is 10.3. The van der Waals surface area contributed by atoms with Crippen molar-refractivity contribution < 1.29 is 5.11 Å². The molecule has 2 atom stereocenters. The Morgan fingerprint density at radius 2 is 2.36 bits per heavy atom. The van der Waals surface area contributed by atoms with E-state index in [0.29, 0.717) is 0 Å². The van der Waals surface area contributed by atoms with Gasteiger partial charge in [-0.25, -0.2) is 4.68 Å². The number of aliphatic hydroxyl groups is 1. The van der Waals surface area contributed by atoms with Crippen LogP contribution in [0.4, 0.5) is 5.82 Å². The van der Waals surface area contributed by atoms with Crippen LogP contribution in [-0.2, 0) is 6.54 Å². The van der Waals surface area contributed by atoms with Gasteiger partial charge in [0.15, 0.2) is 0 Å². The summed E-state index contributed by atoms with van der Waals surface area (Å²) in [6.07, 6.45) is 2.40.